The van der Waals surface area contributed by atoms with Crippen molar-refractivity contribution in [3.8, 4) is 11.3 Å². The van der Waals surface area contributed by atoms with Gasteiger partial charge in [0.25, 0.3) is 0 Å². The summed E-state index contributed by atoms with van der Waals surface area (Å²) in [6.45, 7) is 4.77. The summed E-state index contributed by atoms with van der Waals surface area (Å²) in [5.74, 6) is 0. The Kier molecular flexibility index (Phi) is 3.28. The molecule has 3 heteroatoms. The number of pyridine rings is 1. The lowest BCUT2D eigenvalue weighted by Gasteiger charge is -2.01. The highest BCUT2D eigenvalue weighted by molar-refractivity contribution is 5.68. The van der Waals surface area contributed by atoms with E-state index in [1.54, 1.807) is 0 Å². The molecule has 0 atom stereocenters. The zero-order valence-electron chi connectivity index (χ0n) is 11.9. The molecular weight excluding hydrogens is 246 g/mol. The number of nitrogens with zero attached hydrogens (tertiary/aromatic N) is 2. The monoisotopic (exact) mass is 265 g/mol. The second-order valence-electron chi connectivity index (χ2n) is 5.03. The van der Waals surface area contributed by atoms with Crippen LogP contribution < -0.4 is 5.73 Å². The molecule has 0 aliphatic heterocycles. The second kappa shape index (κ2) is 5.10. The molecule has 20 heavy (non-hydrogen) atoms. The first-order valence-corrected chi connectivity index (χ1v) is 7.00. The van der Waals surface area contributed by atoms with Gasteiger partial charge in [-0.05, 0) is 25.0 Å². The van der Waals surface area contributed by atoms with Crippen molar-refractivity contribution in [2.24, 2.45) is 5.73 Å². The van der Waals surface area contributed by atoms with Gasteiger partial charge in [0.15, 0.2) is 0 Å². The van der Waals surface area contributed by atoms with Crippen molar-refractivity contribution in [2.45, 2.75) is 26.8 Å². The lowest BCUT2D eigenvalue weighted by molar-refractivity contribution is 1.03. The number of aromatic nitrogens is 2. The summed E-state index contributed by atoms with van der Waals surface area (Å²) in [7, 11) is 0. The number of aryl methyl sites for hydroxylation is 2. The van der Waals surface area contributed by atoms with Crippen molar-refractivity contribution in [1.29, 1.82) is 0 Å². The van der Waals surface area contributed by atoms with Crippen LogP contribution in [0, 0.1) is 6.92 Å². The van der Waals surface area contributed by atoms with Crippen LogP contribution in [0.5, 0.6) is 0 Å². The minimum absolute atomic E-state index is 0.509. The number of benzene rings is 1. The average molecular weight is 265 g/mol. The topological polar surface area (TPSA) is 43.3 Å². The summed E-state index contributed by atoms with van der Waals surface area (Å²) in [6.07, 6.45) is 3.10. The van der Waals surface area contributed by atoms with Gasteiger partial charge in [0.05, 0.1) is 5.69 Å². The van der Waals surface area contributed by atoms with Crippen LogP contribution in [-0.2, 0) is 13.0 Å². The average Bonchev–Trinajstić information content (AvgIpc) is 2.85. The zero-order chi connectivity index (χ0) is 14.1. The molecule has 0 amide bonds. The summed E-state index contributed by atoms with van der Waals surface area (Å²) in [5, 5.41) is 0. The summed E-state index contributed by atoms with van der Waals surface area (Å²) < 4.78 is 2.12. The Morgan fingerprint density at radius 3 is 2.55 bits per heavy atom. The van der Waals surface area contributed by atoms with Crippen molar-refractivity contribution in [3.63, 3.8) is 0 Å². The minimum atomic E-state index is 0.509. The Morgan fingerprint density at radius 2 is 1.90 bits per heavy atom. The highest BCUT2D eigenvalue weighted by Gasteiger charge is 2.12. The number of rotatable bonds is 3. The maximum atomic E-state index is 5.80. The van der Waals surface area contributed by atoms with E-state index in [2.05, 4.69) is 42.5 Å². The second-order valence-corrected chi connectivity index (χ2v) is 5.03. The number of fused-ring (bicyclic) bond motifs is 1. The third-order valence-corrected chi connectivity index (χ3v) is 3.83. The van der Waals surface area contributed by atoms with E-state index in [0.717, 1.165) is 34.6 Å². The normalized spacial score (nSPS) is 11.2. The Hall–Kier alpha value is -2.13. The first-order chi connectivity index (χ1) is 9.74. The van der Waals surface area contributed by atoms with Crippen molar-refractivity contribution in [2.75, 3.05) is 0 Å². The smallest absolute Gasteiger partial charge is 0.142 e. The molecule has 0 spiro atoms. The summed E-state index contributed by atoms with van der Waals surface area (Å²) >= 11 is 0. The van der Waals surface area contributed by atoms with Gasteiger partial charge in [0.1, 0.15) is 5.65 Å². The van der Waals surface area contributed by atoms with E-state index in [1.807, 2.05) is 18.3 Å². The fourth-order valence-electron chi connectivity index (χ4n) is 2.57. The third-order valence-electron chi connectivity index (χ3n) is 3.83. The molecule has 0 aliphatic carbocycles. The lowest BCUT2D eigenvalue weighted by Crippen LogP contribution is -1.99. The number of hydrogen-bond donors (Lipinski definition) is 1. The molecule has 2 heterocycles. The van der Waals surface area contributed by atoms with Crippen LogP contribution in [0.4, 0.5) is 0 Å². The Labute approximate surface area is 119 Å². The van der Waals surface area contributed by atoms with Gasteiger partial charge in [-0.2, -0.15) is 0 Å². The summed E-state index contributed by atoms with van der Waals surface area (Å²) in [4.78, 5) is 4.79. The van der Waals surface area contributed by atoms with Crippen LogP contribution in [0.3, 0.4) is 0 Å². The van der Waals surface area contributed by atoms with Crippen LogP contribution in [-0.4, -0.2) is 9.38 Å². The maximum absolute atomic E-state index is 5.80. The Morgan fingerprint density at radius 1 is 1.15 bits per heavy atom. The fourth-order valence-corrected chi connectivity index (χ4v) is 2.57. The maximum Gasteiger partial charge on any atom is 0.142 e. The summed E-state index contributed by atoms with van der Waals surface area (Å²) in [6, 6.07) is 12.7. The van der Waals surface area contributed by atoms with E-state index in [9.17, 15) is 0 Å². The van der Waals surface area contributed by atoms with Crippen molar-refractivity contribution >= 4 is 5.65 Å². The number of hydrogen-bond acceptors (Lipinski definition) is 2. The third kappa shape index (κ3) is 2.00. The molecule has 0 bridgehead atoms. The Balaban J connectivity index is 2.18. The summed E-state index contributed by atoms with van der Waals surface area (Å²) in [5.41, 5.74) is 12.5. The molecule has 0 saturated heterocycles. The standard InChI is InChI=1S/C17H19N3/c1-3-13-6-8-14(9-7-13)16-12(2)20-10-4-5-15(11-18)17(20)19-16/h4-10H,3,11,18H2,1-2H3. The SMILES string of the molecule is CCc1ccc(-c2nc3c(CN)cccn3c2C)cc1. The predicted octanol–water partition coefficient (Wildman–Crippen LogP) is 3.33. The first kappa shape index (κ1) is 12.9. The molecule has 2 N–H and O–H groups in total. The largest absolute Gasteiger partial charge is 0.326 e. The van der Waals surface area contributed by atoms with Crippen LogP contribution in [0.25, 0.3) is 16.9 Å². The molecule has 0 fully saturated rings. The van der Waals surface area contributed by atoms with Crippen LogP contribution in [0.2, 0.25) is 0 Å². The van der Waals surface area contributed by atoms with Gasteiger partial charge in [0, 0.05) is 29.6 Å². The molecule has 2 aromatic heterocycles. The highest BCUT2D eigenvalue weighted by atomic mass is 15.0. The minimum Gasteiger partial charge on any atom is -0.326 e. The lowest BCUT2D eigenvalue weighted by atomic mass is 10.1. The van der Waals surface area contributed by atoms with E-state index in [0.29, 0.717) is 6.54 Å². The molecule has 3 rings (SSSR count). The van der Waals surface area contributed by atoms with E-state index < -0.39 is 0 Å². The van der Waals surface area contributed by atoms with Crippen LogP contribution in [0.15, 0.2) is 42.6 Å². The van der Waals surface area contributed by atoms with Gasteiger partial charge in [-0.25, -0.2) is 4.98 Å². The molecule has 0 aliphatic rings. The van der Waals surface area contributed by atoms with E-state index in [4.69, 9.17) is 10.7 Å². The molecule has 0 radical (unpaired) electrons. The zero-order valence-corrected chi connectivity index (χ0v) is 11.9. The number of imidazole rings is 1. The highest BCUT2D eigenvalue weighted by Crippen LogP contribution is 2.25. The van der Waals surface area contributed by atoms with Gasteiger partial charge < -0.3 is 10.1 Å². The van der Waals surface area contributed by atoms with Gasteiger partial charge >= 0.3 is 0 Å². The van der Waals surface area contributed by atoms with Crippen molar-refractivity contribution in [1.82, 2.24) is 9.38 Å². The Bertz CT molecular complexity index is 739. The van der Waals surface area contributed by atoms with Gasteiger partial charge in [-0.15, -0.1) is 0 Å². The first-order valence-electron chi connectivity index (χ1n) is 7.00. The predicted molar refractivity (Wildman–Crippen MR) is 82.6 cm³/mol. The molecule has 1 aromatic carbocycles. The van der Waals surface area contributed by atoms with E-state index in [1.165, 1.54) is 5.56 Å². The molecule has 3 nitrogen and oxygen atoms in total. The molecule has 102 valence electrons. The fraction of sp³-hybridized carbons (Fsp3) is 0.235. The van der Waals surface area contributed by atoms with Crippen LogP contribution >= 0.6 is 0 Å². The number of nitrogens with two attached hydrogens (primary N) is 1. The molecule has 0 saturated carbocycles. The van der Waals surface area contributed by atoms with Gasteiger partial charge in [-0.1, -0.05) is 37.3 Å². The molecule has 3 aromatic rings. The van der Waals surface area contributed by atoms with E-state index >= 15 is 0 Å². The quantitative estimate of drug-likeness (QED) is 0.789. The van der Waals surface area contributed by atoms with Crippen molar-refractivity contribution < 1.29 is 0 Å². The van der Waals surface area contributed by atoms with E-state index in [-0.39, 0.29) is 0 Å². The molecule has 0 unspecified atom stereocenters. The molecular formula is C17H19N3. The van der Waals surface area contributed by atoms with Crippen LogP contribution in [0.1, 0.15) is 23.7 Å². The van der Waals surface area contributed by atoms with Crippen molar-refractivity contribution in [3.05, 3.63) is 59.4 Å². The van der Waals surface area contributed by atoms with Gasteiger partial charge in [-0.3, -0.25) is 0 Å². The van der Waals surface area contributed by atoms with Gasteiger partial charge in [0.2, 0.25) is 0 Å².